The van der Waals surface area contributed by atoms with Gasteiger partial charge in [0.1, 0.15) is 0 Å². The van der Waals surface area contributed by atoms with Crippen LogP contribution in [0, 0.1) is 13.8 Å². The van der Waals surface area contributed by atoms with Crippen molar-refractivity contribution < 1.29 is 15.1 Å². The lowest BCUT2D eigenvalue weighted by molar-refractivity contribution is 0.198. The molecule has 1 aliphatic rings. The second-order valence-corrected chi connectivity index (χ2v) is 4.71. The first kappa shape index (κ1) is 13.3. The molecule has 6 heteroatoms. The van der Waals surface area contributed by atoms with Crippen molar-refractivity contribution >= 4 is 17.5 Å². The van der Waals surface area contributed by atoms with Gasteiger partial charge in [0, 0.05) is 23.7 Å². The molecule has 0 spiro atoms. The molecule has 2 N–H and O–H groups in total. The SMILES string of the molecule is CCC1CC(=NO)c2cc(C)nc(C)c2N1C(=O)O. The van der Waals surface area contributed by atoms with Crippen molar-refractivity contribution in [1.29, 1.82) is 0 Å². The number of hydrogen-bond donors (Lipinski definition) is 2. The summed E-state index contributed by atoms with van der Waals surface area (Å²) >= 11 is 0. The Labute approximate surface area is 111 Å². The van der Waals surface area contributed by atoms with Crippen molar-refractivity contribution in [3.63, 3.8) is 0 Å². The maximum absolute atomic E-state index is 11.5. The van der Waals surface area contributed by atoms with Gasteiger partial charge in [0.15, 0.2) is 0 Å². The zero-order valence-corrected chi connectivity index (χ0v) is 11.2. The highest BCUT2D eigenvalue weighted by molar-refractivity contribution is 6.11. The van der Waals surface area contributed by atoms with Gasteiger partial charge in [0.05, 0.1) is 17.1 Å². The Hall–Kier alpha value is -2.11. The highest BCUT2D eigenvalue weighted by Crippen LogP contribution is 2.34. The van der Waals surface area contributed by atoms with Gasteiger partial charge in [-0.25, -0.2) is 4.79 Å². The van der Waals surface area contributed by atoms with Crippen LogP contribution in [-0.2, 0) is 0 Å². The van der Waals surface area contributed by atoms with Crippen LogP contribution in [0.15, 0.2) is 11.2 Å². The Morgan fingerprint density at radius 3 is 2.79 bits per heavy atom. The molecule has 0 fully saturated rings. The first-order valence-electron chi connectivity index (χ1n) is 6.21. The van der Waals surface area contributed by atoms with Gasteiger partial charge in [0.25, 0.3) is 0 Å². The summed E-state index contributed by atoms with van der Waals surface area (Å²) in [5.41, 5.74) is 3.12. The number of oxime groups is 1. The number of anilines is 1. The van der Waals surface area contributed by atoms with Crippen molar-refractivity contribution in [1.82, 2.24) is 4.98 Å². The van der Waals surface area contributed by atoms with Crippen LogP contribution in [0.2, 0.25) is 0 Å². The van der Waals surface area contributed by atoms with E-state index in [1.54, 1.807) is 13.0 Å². The van der Waals surface area contributed by atoms with Crippen molar-refractivity contribution in [3.05, 3.63) is 23.0 Å². The topological polar surface area (TPSA) is 86.0 Å². The molecule has 2 rings (SSSR count). The minimum Gasteiger partial charge on any atom is -0.465 e. The number of hydrogen-bond acceptors (Lipinski definition) is 4. The van der Waals surface area contributed by atoms with E-state index in [2.05, 4.69) is 10.1 Å². The van der Waals surface area contributed by atoms with E-state index in [0.717, 1.165) is 5.69 Å². The third kappa shape index (κ3) is 2.14. The van der Waals surface area contributed by atoms with Crippen molar-refractivity contribution in [2.45, 2.75) is 39.7 Å². The number of aromatic nitrogens is 1. The lowest BCUT2D eigenvalue weighted by Gasteiger charge is -2.35. The molecule has 1 aromatic rings. The van der Waals surface area contributed by atoms with Gasteiger partial charge >= 0.3 is 6.09 Å². The quantitative estimate of drug-likeness (QED) is 0.602. The fourth-order valence-electron chi connectivity index (χ4n) is 2.63. The number of aryl methyl sites for hydroxylation is 2. The molecular weight excluding hydrogens is 246 g/mol. The van der Waals surface area contributed by atoms with Crippen LogP contribution in [0.1, 0.15) is 36.7 Å². The molecule has 6 nitrogen and oxygen atoms in total. The summed E-state index contributed by atoms with van der Waals surface area (Å²) in [7, 11) is 0. The number of pyridine rings is 1. The minimum atomic E-state index is -1.00. The summed E-state index contributed by atoms with van der Waals surface area (Å²) in [6, 6.07) is 1.54. The van der Waals surface area contributed by atoms with Gasteiger partial charge in [-0.1, -0.05) is 12.1 Å². The number of amides is 1. The molecule has 0 radical (unpaired) electrons. The monoisotopic (exact) mass is 263 g/mol. The molecule has 102 valence electrons. The summed E-state index contributed by atoms with van der Waals surface area (Å²) in [6.07, 6.45) is 0.0617. The van der Waals surface area contributed by atoms with Crippen LogP contribution in [-0.4, -0.2) is 33.1 Å². The smallest absolute Gasteiger partial charge is 0.412 e. The Balaban J connectivity index is 2.71. The van der Waals surface area contributed by atoms with E-state index in [1.165, 1.54) is 4.90 Å². The molecule has 1 amide bonds. The van der Waals surface area contributed by atoms with Gasteiger partial charge in [-0.05, 0) is 26.3 Å². The average Bonchev–Trinajstić information content (AvgIpc) is 2.36. The van der Waals surface area contributed by atoms with Gasteiger partial charge in [-0.15, -0.1) is 0 Å². The molecule has 1 unspecified atom stereocenters. The standard InChI is InChI=1S/C13H17N3O3/c1-4-9-6-11(15-19)10-5-7(2)14-8(3)12(10)16(9)13(17)18/h5,9,19H,4,6H2,1-3H3,(H,17,18). The maximum Gasteiger partial charge on any atom is 0.412 e. The highest BCUT2D eigenvalue weighted by atomic mass is 16.4. The molecule has 2 heterocycles. The number of nitrogens with zero attached hydrogens (tertiary/aromatic N) is 3. The fraction of sp³-hybridized carbons (Fsp3) is 0.462. The molecule has 1 atom stereocenters. The number of carbonyl (C=O) groups is 1. The predicted octanol–water partition coefficient (Wildman–Crippen LogP) is 2.54. The summed E-state index contributed by atoms with van der Waals surface area (Å²) in [6.45, 7) is 5.52. The molecule has 1 aromatic heterocycles. The van der Waals surface area contributed by atoms with E-state index in [-0.39, 0.29) is 6.04 Å². The zero-order valence-electron chi connectivity index (χ0n) is 11.2. The van der Waals surface area contributed by atoms with Gasteiger partial charge in [0.2, 0.25) is 0 Å². The fourth-order valence-corrected chi connectivity index (χ4v) is 2.63. The van der Waals surface area contributed by atoms with Crippen LogP contribution in [0.5, 0.6) is 0 Å². The lowest BCUT2D eigenvalue weighted by Crippen LogP contribution is -2.45. The Morgan fingerprint density at radius 1 is 1.58 bits per heavy atom. The van der Waals surface area contributed by atoms with E-state index in [4.69, 9.17) is 5.21 Å². The number of carboxylic acid groups (broad SMARTS) is 1. The second kappa shape index (κ2) is 4.87. The molecule has 0 aromatic carbocycles. The molecule has 0 bridgehead atoms. The first-order valence-corrected chi connectivity index (χ1v) is 6.21. The zero-order chi connectivity index (χ0) is 14.2. The second-order valence-electron chi connectivity index (χ2n) is 4.71. The normalized spacial score (nSPS) is 20.5. The molecule has 0 saturated carbocycles. The highest BCUT2D eigenvalue weighted by Gasteiger charge is 2.35. The number of fused-ring (bicyclic) bond motifs is 1. The van der Waals surface area contributed by atoms with Gasteiger partial charge in [-0.3, -0.25) is 9.88 Å². The molecule has 1 aliphatic heterocycles. The summed E-state index contributed by atoms with van der Waals surface area (Å²) in [4.78, 5) is 17.2. The largest absolute Gasteiger partial charge is 0.465 e. The average molecular weight is 263 g/mol. The maximum atomic E-state index is 11.5. The van der Waals surface area contributed by atoms with E-state index < -0.39 is 6.09 Å². The molecule has 0 aliphatic carbocycles. The van der Waals surface area contributed by atoms with Gasteiger partial charge < -0.3 is 10.3 Å². The van der Waals surface area contributed by atoms with E-state index in [0.29, 0.717) is 35.5 Å². The Bertz CT molecular complexity index is 554. The Morgan fingerprint density at radius 2 is 2.26 bits per heavy atom. The van der Waals surface area contributed by atoms with Crippen LogP contribution in [0.25, 0.3) is 0 Å². The van der Waals surface area contributed by atoms with Crippen molar-refractivity contribution in [3.8, 4) is 0 Å². The Kier molecular flexibility index (Phi) is 3.42. The van der Waals surface area contributed by atoms with E-state index in [9.17, 15) is 9.90 Å². The van der Waals surface area contributed by atoms with E-state index in [1.807, 2.05) is 13.8 Å². The van der Waals surface area contributed by atoms with Crippen LogP contribution in [0.4, 0.5) is 10.5 Å². The van der Waals surface area contributed by atoms with Gasteiger partial charge in [-0.2, -0.15) is 0 Å². The van der Waals surface area contributed by atoms with E-state index >= 15 is 0 Å². The summed E-state index contributed by atoms with van der Waals surface area (Å²) in [5.74, 6) is 0. The molecular formula is C13H17N3O3. The van der Waals surface area contributed by atoms with Crippen LogP contribution >= 0.6 is 0 Å². The van der Waals surface area contributed by atoms with Crippen LogP contribution in [0.3, 0.4) is 0 Å². The number of rotatable bonds is 1. The van der Waals surface area contributed by atoms with Crippen molar-refractivity contribution in [2.24, 2.45) is 5.16 Å². The third-order valence-corrected chi connectivity index (χ3v) is 3.44. The minimum absolute atomic E-state index is 0.223. The van der Waals surface area contributed by atoms with Crippen LogP contribution < -0.4 is 4.90 Å². The predicted molar refractivity (Wildman–Crippen MR) is 71.2 cm³/mol. The third-order valence-electron chi connectivity index (χ3n) is 3.44. The molecule has 0 saturated heterocycles. The lowest BCUT2D eigenvalue weighted by atomic mass is 9.92. The summed E-state index contributed by atoms with van der Waals surface area (Å²) in [5, 5.41) is 21.9. The first-order chi connectivity index (χ1) is 8.99. The molecule has 19 heavy (non-hydrogen) atoms. The summed E-state index contributed by atoms with van der Waals surface area (Å²) < 4.78 is 0. The van der Waals surface area contributed by atoms with Crippen molar-refractivity contribution in [2.75, 3.05) is 4.90 Å².